The highest BCUT2D eigenvalue weighted by Gasteiger charge is 2.10. The molecule has 2 aromatic rings. The van der Waals surface area contributed by atoms with Gasteiger partial charge in [0.1, 0.15) is 5.82 Å². The molecule has 3 rings (SSSR count). The van der Waals surface area contributed by atoms with Gasteiger partial charge in [-0.3, -0.25) is 4.79 Å². The van der Waals surface area contributed by atoms with Crippen LogP contribution in [0.25, 0.3) is 0 Å². The standard InChI is InChI=1S/C20H23FN2OS2/c21-17-3-7-19(8-4-17)26-15-20(24)22-18-5-1-16(2-6-18)9-10-23-11-13-25-14-12-23/h1-8H,9-15H2,(H,22,24). The fourth-order valence-electron chi connectivity index (χ4n) is 2.74. The van der Waals surface area contributed by atoms with Crippen LogP contribution in [0.3, 0.4) is 0 Å². The van der Waals surface area contributed by atoms with Crippen LogP contribution in [-0.4, -0.2) is 47.7 Å². The number of carbonyl (C=O) groups excluding carboxylic acids is 1. The fraction of sp³-hybridized carbons (Fsp3) is 0.350. The third-order valence-corrected chi connectivity index (χ3v) is 6.20. The molecule has 0 unspecified atom stereocenters. The van der Waals surface area contributed by atoms with Gasteiger partial charge in [0.05, 0.1) is 5.75 Å². The molecule has 0 radical (unpaired) electrons. The number of carbonyl (C=O) groups is 1. The second-order valence-electron chi connectivity index (χ2n) is 6.19. The highest BCUT2D eigenvalue weighted by Crippen LogP contribution is 2.19. The number of thioether (sulfide) groups is 2. The number of benzene rings is 2. The summed E-state index contributed by atoms with van der Waals surface area (Å²) in [6.07, 6.45) is 1.04. The summed E-state index contributed by atoms with van der Waals surface area (Å²) in [5.41, 5.74) is 2.11. The molecule has 0 bridgehead atoms. The van der Waals surface area contributed by atoms with Gasteiger partial charge in [-0.2, -0.15) is 11.8 Å². The van der Waals surface area contributed by atoms with E-state index >= 15 is 0 Å². The van der Waals surface area contributed by atoms with Gasteiger partial charge in [0.15, 0.2) is 0 Å². The molecule has 2 aromatic carbocycles. The largest absolute Gasteiger partial charge is 0.325 e. The van der Waals surface area contributed by atoms with Crippen LogP contribution in [-0.2, 0) is 11.2 Å². The van der Waals surface area contributed by atoms with Crippen LogP contribution in [0.1, 0.15) is 5.56 Å². The molecule has 1 aliphatic rings. The van der Waals surface area contributed by atoms with Crippen molar-refractivity contribution in [1.29, 1.82) is 0 Å². The lowest BCUT2D eigenvalue weighted by Gasteiger charge is -2.26. The first kappa shape index (κ1) is 19.3. The Kier molecular flexibility index (Phi) is 7.41. The monoisotopic (exact) mass is 390 g/mol. The molecule has 1 heterocycles. The number of halogens is 1. The van der Waals surface area contributed by atoms with Crippen LogP contribution in [0.15, 0.2) is 53.4 Å². The minimum absolute atomic E-state index is 0.0575. The number of rotatable bonds is 7. The zero-order valence-electron chi connectivity index (χ0n) is 14.6. The summed E-state index contributed by atoms with van der Waals surface area (Å²) in [7, 11) is 0. The maximum atomic E-state index is 12.9. The van der Waals surface area contributed by atoms with Gasteiger partial charge >= 0.3 is 0 Å². The molecule has 6 heteroatoms. The number of hydrogen-bond donors (Lipinski definition) is 1. The van der Waals surface area contributed by atoms with Crippen molar-refractivity contribution >= 4 is 35.1 Å². The van der Waals surface area contributed by atoms with Crippen molar-refractivity contribution in [2.75, 3.05) is 42.2 Å². The molecule has 3 nitrogen and oxygen atoms in total. The molecule has 138 valence electrons. The highest BCUT2D eigenvalue weighted by atomic mass is 32.2. The Morgan fingerprint density at radius 3 is 2.46 bits per heavy atom. The first-order valence-electron chi connectivity index (χ1n) is 8.76. The van der Waals surface area contributed by atoms with Crippen molar-refractivity contribution in [3.63, 3.8) is 0 Å². The summed E-state index contributed by atoms with van der Waals surface area (Å²) in [4.78, 5) is 15.5. The van der Waals surface area contributed by atoms with Crippen LogP contribution >= 0.6 is 23.5 Å². The summed E-state index contributed by atoms with van der Waals surface area (Å²) in [6, 6.07) is 14.3. The van der Waals surface area contributed by atoms with Crippen molar-refractivity contribution in [2.45, 2.75) is 11.3 Å². The molecule has 1 N–H and O–H groups in total. The van der Waals surface area contributed by atoms with Crippen molar-refractivity contribution in [1.82, 2.24) is 4.90 Å². The van der Waals surface area contributed by atoms with E-state index in [1.807, 2.05) is 23.9 Å². The lowest BCUT2D eigenvalue weighted by molar-refractivity contribution is -0.113. The Balaban J connectivity index is 1.41. The number of nitrogens with one attached hydrogen (secondary N) is 1. The first-order valence-corrected chi connectivity index (χ1v) is 10.9. The number of hydrogen-bond acceptors (Lipinski definition) is 4. The second kappa shape index (κ2) is 10.00. The van der Waals surface area contributed by atoms with Gasteiger partial charge in [0, 0.05) is 41.7 Å². The Hall–Kier alpha value is -1.50. The van der Waals surface area contributed by atoms with Crippen LogP contribution in [0, 0.1) is 5.82 Å². The zero-order chi connectivity index (χ0) is 18.2. The van der Waals surface area contributed by atoms with E-state index in [0.717, 1.165) is 23.5 Å². The number of anilines is 1. The normalized spacial score (nSPS) is 15.0. The lowest BCUT2D eigenvalue weighted by atomic mass is 10.1. The van der Waals surface area contributed by atoms with E-state index in [9.17, 15) is 9.18 Å². The smallest absolute Gasteiger partial charge is 0.234 e. The van der Waals surface area contributed by atoms with Crippen molar-refractivity contribution in [3.05, 3.63) is 59.9 Å². The fourth-order valence-corrected chi connectivity index (χ4v) is 4.42. The average Bonchev–Trinajstić information content (AvgIpc) is 2.68. The Labute approximate surface area is 162 Å². The maximum Gasteiger partial charge on any atom is 0.234 e. The third kappa shape index (κ3) is 6.34. The number of amides is 1. The van der Waals surface area contributed by atoms with Crippen LogP contribution in [0.2, 0.25) is 0 Å². The van der Waals surface area contributed by atoms with Gasteiger partial charge in [0.2, 0.25) is 5.91 Å². The predicted octanol–water partition coefficient (Wildman–Crippen LogP) is 4.15. The Morgan fingerprint density at radius 1 is 1.08 bits per heavy atom. The van der Waals surface area contributed by atoms with Crippen LogP contribution < -0.4 is 5.32 Å². The Bertz CT molecular complexity index is 701. The van der Waals surface area contributed by atoms with Crippen LogP contribution in [0.4, 0.5) is 10.1 Å². The summed E-state index contributed by atoms with van der Waals surface area (Å²) in [5.74, 6) is 2.46. The van der Waals surface area contributed by atoms with Gasteiger partial charge in [-0.15, -0.1) is 11.8 Å². The van der Waals surface area contributed by atoms with Gasteiger partial charge in [0.25, 0.3) is 0 Å². The molecule has 26 heavy (non-hydrogen) atoms. The summed E-state index contributed by atoms with van der Waals surface area (Å²) in [5, 5.41) is 2.91. The van der Waals surface area contributed by atoms with Crippen molar-refractivity contribution in [3.8, 4) is 0 Å². The first-order chi connectivity index (χ1) is 12.7. The van der Waals surface area contributed by atoms with Crippen molar-refractivity contribution < 1.29 is 9.18 Å². The summed E-state index contributed by atoms with van der Waals surface area (Å²) >= 11 is 3.43. The van der Waals surface area contributed by atoms with E-state index in [2.05, 4.69) is 22.3 Å². The molecule has 0 spiro atoms. The highest BCUT2D eigenvalue weighted by molar-refractivity contribution is 8.00. The summed E-state index contributed by atoms with van der Waals surface area (Å²) < 4.78 is 12.9. The lowest BCUT2D eigenvalue weighted by Crippen LogP contribution is -2.34. The minimum Gasteiger partial charge on any atom is -0.325 e. The van der Waals surface area contributed by atoms with E-state index in [-0.39, 0.29) is 11.7 Å². The number of nitrogens with zero attached hydrogens (tertiary/aromatic N) is 1. The molecular formula is C20H23FN2OS2. The molecule has 0 saturated carbocycles. The Morgan fingerprint density at radius 2 is 1.77 bits per heavy atom. The summed E-state index contributed by atoms with van der Waals surface area (Å²) in [6.45, 7) is 3.47. The predicted molar refractivity (Wildman–Crippen MR) is 110 cm³/mol. The van der Waals surface area contributed by atoms with E-state index in [1.165, 1.54) is 54.1 Å². The third-order valence-electron chi connectivity index (χ3n) is 4.24. The van der Waals surface area contributed by atoms with Gasteiger partial charge < -0.3 is 10.2 Å². The van der Waals surface area contributed by atoms with Gasteiger partial charge in [-0.25, -0.2) is 4.39 Å². The van der Waals surface area contributed by atoms with Gasteiger partial charge in [-0.1, -0.05) is 12.1 Å². The van der Waals surface area contributed by atoms with E-state index in [4.69, 9.17) is 0 Å². The zero-order valence-corrected chi connectivity index (χ0v) is 16.3. The maximum absolute atomic E-state index is 12.9. The molecule has 1 aliphatic heterocycles. The quantitative estimate of drug-likeness (QED) is 0.720. The van der Waals surface area contributed by atoms with Crippen molar-refractivity contribution in [2.24, 2.45) is 0 Å². The molecule has 1 fully saturated rings. The second-order valence-corrected chi connectivity index (χ2v) is 8.47. The van der Waals surface area contributed by atoms with Gasteiger partial charge in [-0.05, 0) is 48.4 Å². The minimum atomic E-state index is -0.266. The van der Waals surface area contributed by atoms with E-state index in [1.54, 1.807) is 12.1 Å². The average molecular weight is 391 g/mol. The molecule has 0 aromatic heterocycles. The molecule has 1 amide bonds. The topological polar surface area (TPSA) is 32.3 Å². The molecule has 0 atom stereocenters. The molecule has 0 aliphatic carbocycles. The van der Waals surface area contributed by atoms with E-state index < -0.39 is 0 Å². The SMILES string of the molecule is O=C(CSc1ccc(F)cc1)Nc1ccc(CCN2CCSCC2)cc1. The van der Waals surface area contributed by atoms with Crippen LogP contribution in [0.5, 0.6) is 0 Å². The molecular weight excluding hydrogens is 367 g/mol. The van der Waals surface area contributed by atoms with E-state index in [0.29, 0.717) is 5.75 Å². The molecule has 1 saturated heterocycles.